The number of aliphatic hydroxyl groups is 1. The fourth-order valence-corrected chi connectivity index (χ4v) is 2.89. The van der Waals surface area contributed by atoms with Crippen molar-refractivity contribution >= 4 is 23.4 Å². The molecule has 2 rings (SSSR count). The van der Waals surface area contributed by atoms with Crippen LogP contribution < -0.4 is 4.90 Å². The van der Waals surface area contributed by atoms with Crippen molar-refractivity contribution < 1.29 is 9.90 Å². The second-order valence-corrected chi connectivity index (χ2v) is 5.39. The Hall–Kier alpha value is -1.00. The van der Waals surface area contributed by atoms with Crippen LogP contribution in [-0.2, 0) is 4.79 Å². The number of rotatable bonds is 3. The molecule has 0 fully saturated rings. The molecule has 0 saturated heterocycles. The average Bonchev–Trinajstić information content (AvgIpc) is 2.35. The van der Waals surface area contributed by atoms with E-state index in [0.717, 1.165) is 18.0 Å². The van der Waals surface area contributed by atoms with Crippen LogP contribution in [0.2, 0.25) is 0 Å². The van der Waals surface area contributed by atoms with Crippen molar-refractivity contribution in [3.05, 3.63) is 24.3 Å². The summed E-state index contributed by atoms with van der Waals surface area (Å²) in [7, 11) is 0. The van der Waals surface area contributed by atoms with Gasteiger partial charge in [0.1, 0.15) is 0 Å². The van der Waals surface area contributed by atoms with Crippen LogP contribution in [0.15, 0.2) is 29.2 Å². The van der Waals surface area contributed by atoms with Crippen molar-refractivity contribution in [2.75, 3.05) is 17.2 Å². The Morgan fingerprint density at radius 2 is 2.29 bits per heavy atom. The summed E-state index contributed by atoms with van der Waals surface area (Å²) in [5.41, 5.74) is 1.01. The first-order chi connectivity index (χ1) is 8.18. The number of fused-ring (bicyclic) bond motifs is 1. The lowest BCUT2D eigenvalue weighted by Gasteiger charge is -2.29. The highest BCUT2D eigenvalue weighted by atomic mass is 32.2. The first-order valence-corrected chi connectivity index (χ1v) is 6.87. The smallest absolute Gasteiger partial charge is 0.227 e. The van der Waals surface area contributed by atoms with Gasteiger partial charge in [0, 0.05) is 23.6 Å². The fraction of sp³-hybridized carbons (Fsp3) is 0.462. The van der Waals surface area contributed by atoms with Crippen LogP contribution in [0, 0.1) is 0 Å². The number of hydrogen-bond donors (Lipinski definition) is 1. The van der Waals surface area contributed by atoms with Crippen molar-refractivity contribution in [2.24, 2.45) is 0 Å². The number of amides is 1. The summed E-state index contributed by atoms with van der Waals surface area (Å²) >= 11 is 1.79. The molecular formula is C13H17NO2S. The quantitative estimate of drug-likeness (QED) is 0.896. The SMILES string of the molecule is CC(O)CCC(=O)N1CCSc2ccccc21. The minimum absolute atomic E-state index is 0.110. The molecule has 1 aliphatic rings. The number of thioether (sulfide) groups is 1. The van der Waals surface area contributed by atoms with Gasteiger partial charge >= 0.3 is 0 Å². The number of hydrogen-bond acceptors (Lipinski definition) is 3. The largest absolute Gasteiger partial charge is 0.393 e. The highest BCUT2D eigenvalue weighted by molar-refractivity contribution is 7.99. The number of benzene rings is 1. The van der Waals surface area contributed by atoms with Gasteiger partial charge in [-0.3, -0.25) is 4.79 Å². The summed E-state index contributed by atoms with van der Waals surface area (Å²) in [5, 5.41) is 9.22. The molecule has 1 amide bonds. The summed E-state index contributed by atoms with van der Waals surface area (Å²) in [6, 6.07) is 7.99. The molecule has 17 heavy (non-hydrogen) atoms. The van der Waals surface area contributed by atoms with E-state index in [1.165, 1.54) is 4.90 Å². The van der Waals surface area contributed by atoms with E-state index in [2.05, 4.69) is 0 Å². The molecule has 1 unspecified atom stereocenters. The molecule has 0 bridgehead atoms. The maximum absolute atomic E-state index is 12.1. The molecule has 1 N–H and O–H groups in total. The summed E-state index contributed by atoms with van der Waals surface area (Å²) in [6.07, 6.45) is 0.537. The molecule has 1 heterocycles. The van der Waals surface area contributed by atoms with E-state index >= 15 is 0 Å². The van der Waals surface area contributed by atoms with E-state index < -0.39 is 6.10 Å². The second kappa shape index (κ2) is 5.56. The van der Waals surface area contributed by atoms with Gasteiger partial charge in [0.25, 0.3) is 0 Å². The molecule has 1 aliphatic heterocycles. The fourth-order valence-electron chi connectivity index (χ4n) is 1.90. The summed E-state index contributed by atoms with van der Waals surface area (Å²) < 4.78 is 0. The Bertz CT molecular complexity index is 406. The van der Waals surface area contributed by atoms with Crippen LogP contribution in [-0.4, -0.2) is 29.4 Å². The Morgan fingerprint density at radius 1 is 1.53 bits per heavy atom. The van der Waals surface area contributed by atoms with Crippen molar-refractivity contribution in [3.63, 3.8) is 0 Å². The van der Waals surface area contributed by atoms with Crippen LogP contribution in [0.4, 0.5) is 5.69 Å². The van der Waals surface area contributed by atoms with Gasteiger partial charge in [-0.05, 0) is 25.5 Å². The molecule has 4 heteroatoms. The van der Waals surface area contributed by atoms with E-state index in [4.69, 9.17) is 0 Å². The third kappa shape index (κ3) is 3.01. The Labute approximate surface area is 106 Å². The molecule has 1 aromatic rings. The van der Waals surface area contributed by atoms with E-state index in [9.17, 15) is 9.90 Å². The third-order valence-corrected chi connectivity index (χ3v) is 3.85. The number of nitrogens with zero attached hydrogens (tertiary/aromatic N) is 1. The lowest BCUT2D eigenvalue weighted by atomic mass is 10.2. The van der Waals surface area contributed by atoms with Crippen LogP contribution in [0.5, 0.6) is 0 Å². The monoisotopic (exact) mass is 251 g/mol. The molecule has 3 nitrogen and oxygen atoms in total. The number of anilines is 1. The zero-order chi connectivity index (χ0) is 12.3. The van der Waals surface area contributed by atoms with Gasteiger partial charge in [-0.25, -0.2) is 0 Å². The number of para-hydroxylation sites is 1. The van der Waals surface area contributed by atoms with E-state index in [1.54, 1.807) is 18.7 Å². The minimum atomic E-state index is -0.409. The van der Waals surface area contributed by atoms with Crippen molar-refractivity contribution in [1.82, 2.24) is 0 Å². The summed E-state index contributed by atoms with van der Waals surface area (Å²) in [6.45, 7) is 2.48. The highest BCUT2D eigenvalue weighted by Gasteiger charge is 2.22. The molecule has 92 valence electrons. The highest BCUT2D eigenvalue weighted by Crippen LogP contribution is 2.34. The standard InChI is InChI=1S/C13H17NO2S/c1-10(15)6-7-13(16)14-8-9-17-12-5-3-2-4-11(12)14/h2-5,10,15H,6-9H2,1H3. The van der Waals surface area contributed by atoms with Gasteiger partial charge < -0.3 is 10.0 Å². The lowest BCUT2D eigenvalue weighted by Crippen LogP contribution is -2.35. The van der Waals surface area contributed by atoms with Gasteiger partial charge in [0.05, 0.1) is 11.8 Å². The van der Waals surface area contributed by atoms with Gasteiger partial charge in [-0.1, -0.05) is 12.1 Å². The van der Waals surface area contributed by atoms with Crippen LogP contribution >= 0.6 is 11.8 Å². The summed E-state index contributed by atoms with van der Waals surface area (Å²) in [5.74, 6) is 1.05. The molecule has 0 saturated carbocycles. The summed E-state index contributed by atoms with van der Waals surface area (Å²) in [4.78, 5) is 15.1. The molecule has 0 spiro atoms. The predicted octanol–water partition coefficient (Wildman–Crippen LogP) is 2.29. The van der Waals surface area contributed by atoms with Crippen LogP contribution in [0.1, 0.15) is 19.8 Å². The van der Waals surface area contributed by atoms with Gasteiger partial charge in [0.15, 0.2) is 0 Å². The maximum atomic E-state index is 12.1. The van der Waals surface area contributed by atoms with Crippen LogP contribution in [0.25, 0.3) is 0 Å². The van der Waals surface area contributed by atoms with Crippen molar-refractivity contribution in [2.45, 2.75) is 30.8 Å². The molecule has 0 aliphatic carbocycles. The third-order valence-electron chi connectivity index (χ3n) is 2.81. The maximum Gasteiger partial charge on any atom is 0.227 e. The Morgan fingerprint density at radius 3 is 3.06 bits per heavy atom. The normalized spacial score (nSPS) is 16.5. The van der Waals surface area contributed by atoms with Gasteiger partial charge in [0.2, 0.25) is 5.91 Å². The number of carbonyl (C=O) groups is 1. The van der Waals surface area contributed by atoms with Gasteiger partial charge in [-0.2, -0.15) is 0 Å². The zero-order valence-corrected chi connectivity index (χ0v) is 10.7. The van der Waals surface area contributed by atoms with Crippen LogP contribution in [0.3, 0.4) is 0 Å². The van der Waals surface area contributed by atoms with E-state index in [0.29, 0.717) is 12.8 Å². The predicted molar refractivity (Wildman–Crippen MR) is 70.4 cm³/mol. The van der Waals surface area contributed by atoms with Crippen molar-refractivity contribution in [3.8, 4) is 0 Å². The average molecular weight is 251 g/mol. The first-order valence-electron chi connectivity index (χ1n) is 5.89. The second-order valence-electron chi connectivity index (χ2n) is 4.25. The molecule has 0 aromatic heterocycles. The minimum Gasteiger partial charge on any atom is -0.393 e. The molecule has 1 aromatic carbocycles. The number of carbonyl (C=O) groups excluding carboxylic acids is 1. The molecular weight excluding hydrogens is 234 g/mol. The van der Waals surface area contributed by atoms with Gasteiger partial charge in [-0.15, -0.1) is 11.8 Å². The first kappa shape index (κ1) is 12.5. The topological polar surface area (TPSA) is 40.5 Å². The Kier molecular flexibility index (Phi) is 4.07. The Balaban J connectivity index is 2.10. The zero-order valence-electron chi connectivity index (χ0n) is 9.93. The molecule has 1 atom stereocenters. The van der Waals surface area contributed by atoms with E-state index in [-0.39, 0.29) is 5.91 Å². The molecule has 0 radical (unpaired) electrons. The van der Waals surface area contributed by atoms with Crippen molar-refractivity contribution in [1.29, 1.82) is 0 Å². The number of aliphatic hydroxyl groups excluding tert-OH is 1. The van der Waals surface area contributed by atoms with E-state index in [1.807, 2.05) is 29.2 Å². The lowest BCUT2D eigenvalue weighted by molar-refractivity contribution is -0.119.